The summed E-state index contributed by atoms with van der Waals surface area (Å²) in [5.74, 6) is 0.0770. The van der Waals surface area contributed by atoms with Gasteiger partial charge in [-0.2, -0.15) is 0 Å². The Kier molecular flexibility index (Phi) is 4.60. The number of carbonyl (C=O) groups excluding carboxylic acids is 1. The number of ether oxygens (including phenoxy) is 1. The fourth-order valence-corrected chi connectivity index (χ4v) is 2.64. The lowest BCUT2D eigenvalue weighted by Crippen LogP contribution is -2.45. The van der Waals surface area contributed by atoms with Gasteiger partial charge in [0.05, 0.1) is 12.7 Å². The lowest BCUT2D eigenvalue weighted by molar-refractivity contribution is 0.0657. The van der Waals surface area contributed by atoms with Gasteiger partial charge >= 0.3 is 0 Å². The Balaban J connectivity index is 2.20. The summed E-state index contributed by atoms with van der Waals surface area (Å²) in [6.07, 6.45) is 1.96. The van der Waals surface area contributed by atoms with Gasteiger partial charge in [-0.3, -0.25) is 4.79 Å². The molecule has 1 amide bonds. The van der Waals surface area contributed by atoms with Gasteiger partial charge in [0.25, 0.3) is 5.91 Å². The molecule has 20 heavy (non-hydrogen) atoms. The van der Waals surface area contributed by atoms with Crippen molar-refractivity contribution in [2.75, 3.05) is 20.2 Å². The highest BCUT2D eigenvalue weighted by molar-refractivity contribution is 5.97. The number of carbonyl (C=O) groups is 1. The van der Waals surface area contributed by atoms with Crippen LogP contribution in [0.25, 0.3) is 0 Å². The van der Waals surface area contributed by atoms with Crippen LogP contribution in [0.1, 0.15) is 30.1 Å². The molecule has 1 fully saturated rings. The Bertz CT molecular complexity index is 491. The number of amides is 1. The monoisotopic (exact) mass is 280 g/mol. The molecule has 2 rings (SSSR count). The number of nitrogens with zero attached hydrogens (tertiary/aromatic N) is 1. The van der Waals surface area contributed by atoms with Crippen molar-refractivity contribution in [1.82, 2.24) is 4.90 Å². The summed E-state index contributed by atoms with van der Waals surface area (Å²) in [4.78, 5) is 14.3. The lowest BCUT2D eigenvalue weighted by atomic mass is 9.92. The van der Waals surface area contributed by atoms with Gasteiger partial charge in [-0.25, -0.2) is 4.39 Å². The van der Waals surface area contributed by atoms with E-state index in [9.17, 15) is 9.18 Å². The second-order valence-electron chi connectivity index (χ2n) is 5.36. The van der Waals surface area contributed by atoms with Crippen molar-refractivity contribution in [2.24, 2.45) is 11.7 Å². The van der Waals surface area contributed by atoms with Crippen LogP contribution in [0.2, 0.25) is 0 Å². The highest BCUT2D eigenvalue weighted by atomic mass is 19.1. The maximum absolute atomic E-state index is 13.4. The van der Waals surface area contributed by atoms with Gasteiger partial charge in [-0.1, -0.05) is 0 Å². The van der Waals surface area contributed by atoms with Crippen molar-refractivity contribution in [3.8, 4) is 5.75 Å². The number of piperidine rings is 1. The second-order valence-corrected chi connectivity index (χ2v) is 5.36. The molecule has 1 aromatic carbocycles. The molecule has 1 aromatic rings. The molecule has 1 aliphatic heterocycles. The van der Waals surface area contributed by atoms with E-state index in [-0.39, 0.29) is 17.5 Å². The Morgan fingerprint density at radius 1 is 1.55 bits per heavy atom. The van der Waals surface area contributed by atoms with Gasteiger partial charge in [-0.15, -0.1) is 0 Å². The van der Waals surface area contributed by atoms with Crippen molar-refractivity contribution < 1.29 is 13.9 Å². The van der Waals surface area contributed by atoms with Gasteiger partial charge in [0, 0.05) is 19.1 Å². The summed E-state index contributed by atoms with van der Waals surface area (Å²) in [6, 6.07) is 4.06. The molecule has 4 nitrogen and oxygen atoms in total. The van der Waals surface area contributed by atoms with E-state index < -0.39 is 5.82 Å². The Hall–Kier alpha value is -1.62. The first-order valence-electron chi connectivity index (χ1n) is 6.91. The average molecular weight is 280 g/mol. The van der Waals surface area contributed by atoms with Crippen LogP contribution in [0.3, 0.4) is 0 Å². The van der Waals surface area contributed by atoms with Gasteiger partial charge in [0.15, 0.2) is 0 Å². The zero-order chi connectivity index (χ0) is 14.7. The number of halogens is 1. The van der Waals surface area contributed by atoms with Crippen molar-refractivity contribution in [2.45, 2.75) is 25.8 Å². The number of likely N-dealkylation sites (tertiary alicyclic amines) is 1. The molecule has 0 aromatic heterocycles. The van der Waals surface area contributed by atoms with Crippen LogP contribution in [0.5, 0.6) is 5.75 Å². The van der Waals surface area contributed by atoms with Crippen LogP contribution in [-0.4, -0.2) is 37.0 Å². The van der Waals surface area contributed by atoms with Crippen LogP contribution < -0.4 is 10.5 Å². The molecule has 1 saturated heterocycles. The first-order valence-corrected chi connectivity index (χ1v) is 6.91. The third-order valence-electron chi connectivity index (χ3n) is 3.88. The molecule has 1 heterocycles. The van der Waals surface area contributed by atoms with Crippen LogP contribution in [0.15, 0.2) is 18.2 Å². The molecule has 0 aliphatic carbocycles. The van der Waals surface area contributed by atoms with Crippen molar-refractivity contribution in [3.05, 3.63) is 29.6 Å². The number of methoxy groups -OCH3 is 1. The fourth-order valence-electron chi connectivity index (χ4n) is 2.64. The molecule has 5 heteroatoms. The van der Waals surface area contributed by atoms with E-state index >= 15 is 0 Å². The molecule has 0 saturated carbocycles. The van der Waals surface area contributed by atoms with Crippen LogP contribution >= 0.6 is 0 Å². The standard InChI is InChI=1S/C15H21FN2O2/c1-10(17)11-4-3-7-18(9-11)15(19)13-8-12(16)5-6-14(13)20-2/h5-6,8,10-11H,3-4,7,9,17H2,1-2H3/t10-,11+/m1/s1. The van der Waals surface area contributed by atoms with E-state index in [1.54, 1.807) is 4.90 Å². The predicted molar refractivity (Wildman–Crippen MR) is 75.2 cm³/mol. The lowest BCUT2D eigenvalue weighted by Gasteiger charge is -2.34. The maximum Gasteiger partial charge on any atom is 0.257 e. The smallest absolute Gasteiger partial charge is 0.257 e. The summed E-state index contributed by atoms with van der Waals surface area (Å²) < 4.78 is 18.5. The van der Waals surface area contributed by atoms with Crippen LogP contribution in [0, 0.1) is 11.7 Å². The highest BCUT2D eigenvalue weighted by Gasteiger charge is 2.28. The third kappa shape index (κ3) is 3.10. The molecule has 110 valence electrons. The minimum Gasteiger partial charge on any atom is -0.496 e. The molecule has 2 atom stereocenters. The molecule has 0 radical (unpaired) electrons. The molecule has 0 spiro atoms. The molecular formula is C15H21FN2O2. The summed E-state index contributed by atoms with van der Waals surface area (Å²) in [5, 5.41) is 0. The van der Waals surface area contributed by atoms with Crippen molar-refractivity contribution in [3.63, 3.8) is 0 Å². The second kappa shape index (κ2) is 6.22. The van der Waals surface area contributed by atoms with Crippen molar-refractivity contribution in [1.29, 1.82) is 0 Å². The number of benzene rings is 1. The van der Waals surface area contributed by atoms with Gasteiger partial charge < -0.3 is 15.4 Å². The zero-order valence-electron chi connectivity index (χ0n) is 11.9. The van der Waals surface area contributed by atoms with Crippen LogP contribution in [0.4, 0.5) is 4.39 Å². The number of hydrogen-bond acceptors (Lipinski definition) is 3. The Labute approximate surface area is 118 Å². The quantitative estimate of drug-likeness (QED) is 0.921. The number of hydrogen-bond donors (Lipinski definition) is 1. The van der Waals surface area contributed by atoms with E-state index in [4.69, 9.17) is 10.5 Å². The topological polar surface area (TPSA) is 55.6 Å². The molecule has 0 bridgehead atoms. The normalized spacial score (nSPS) is 20.6. The van der Waals surface area contributed by atoms with E-state index in [0.717, 1.165) is 12.8 Å². The van der Waals surface area contributed by atoms with Gasteiger partial charge in [0.2, 0.25) is 0 Å². The van der Waals surface area contributed by atoms with E-state index in [1.807, 2.05) is 6.92 Å². The molecule has 2 N–H and O–H groups in total. The average Bonchev–Trinajstić information content (AvgIpc) is 2.46. The maximum atomic E-state index is 13.4. The van der Waals surface area contributed by atoms with E-state index in [1.165, 1.54) is 25.3 Å². The summed E-state index contributed by atoms with van der Waals surface area (Å²) >= 11 is 0. The highest BCUT2D eigenvalue weighted by Crippen LogP contribution is 2.25. The molecule has 1 aliphatic rings. The zero-order valence-corrected chi connectivity index (χ0v) is 11.9. The van der Waals surface area contributed by atoms with E-state index in [2.05, 4.69) is 0 Å². The predicted octanol–water partition coefficient (Wildman–Crippen LogP) is 2.03. The number of rotatable bonds is 3. The minimum absolute atomic E-state index is 0.0556. The third-order valence-corrected chi connectivity index (χ3v) is 3.88. The Morgan fingerprint density at radius 3 is 2.95 bits per heavy atom. The SMILES string of the molecule is COc1ccc(F)cc1C(=O)N1CCC[C@H]([C@@H](C)N)C1. The summed E-state index contributed by atoms with van der Waals surface area (Å²) in [7, 11) is 1.48. The summed E-state index contributed by atoms with van der Waals surface area (Å²) in [5.41, 5.74) is 6.20. The Morgan fingerprint density at radius 2 is 2.30 bits per heavy atom. The van der Waals surface area contributed by atoms with E-state index in [0.29, 0.717) is 24.8 Å². The number of nitrogens with two attached hydrogens (primary N) is 1. The van der Waals surface area contributed by atoms with Gasteiger partial charge in [-0.05, 0) is 43.9 Å². The summed E-state index contributed by atoms with van der Waals surface area (Å²) in [6.45, 7) is 3.26. The molecule has 0 unspecified atom stereocenters. The first-order chi connectivity index (χ1) is 9.52. The van der Waals surface area contributed by atoms with Crippen LogP contribution in [-0.2, 0) is 0 Å². The molecular weight excluding hydrogens is 259 g/mol. The van der Waals surface area contributed by atoms with Gasteiger partial charge in [0.1, 0.15) is 11.6 Å². The van der Waals surface area contributed by atoms with Crippen molar-refractivity contribution >= 4 is 5.91 Å². The fraction of sp³-hybridized carbons (Fsp3) is 0.533. The largest absolute Gasteiger partial charge is 0.496 e. The minimum atomic E-state index is -0.435. The first kappa shape index (κ1) is 14.8.